The predicted octanol–water partition coefficient (Wildman–Crippen LogP) is 3.10. The third kappa shape index (κ3) is 2.84. The molecule has 2 aliphatic heterocycles. The second kappa shape index (κ2) is 6.40. The number of amides is 1. The minimum absolute atomic E-state index is 0.187. The summed E-state index contributed by atoms with van der Waals surface area (Å²) in [6.45, 7) is 4.10. The van der Waals surface area contributed by atoms with E-state index >= 15 is 0 Å². The van der Waals surface area contributed by atoms with Crippen molar-refractivity contribution in [1.29, 1.82) is 0 Å². The summed E-state index contributed by atoms with van der Waals surface area (Å²) < 4.78 is 5.25. The molecule has 1 amide bonds. The zero-order valence-electron chi connectivity index (χ0n) is 14.1. The Balaban J connectivity index is 1.50. The standard InChI is InChI=1S/C19H23N3O2/c1-14-12-16(20-24-14)18-8-4-5-10-21(18)13-19(23)22-11-9-15-6-2-3-7-17(15)22/h2-3,6-7,12,18H,4-5,8-11,13H2,1H3/t18-/m0/s1. The number of carbonyl (C=O) groups is 1. The van der Waals surface area contributed by atoms with Gasteiger partial charge in [-0.2, -0.15) is 0 Å². The molecule has 5 nitrogen and oxygen atoms in total. The van der Waals surface area contributed by atoms with Crippen molar-refractivity contribution in [1.82, 2.24) is 10.1 Å². The monoisotopic (exact) mass is 325 g/mol. The minimum atomic E-state index is 0.187. The van der Waals surface area contributed by atoms with Crippen molar-refractivity contribution in [2.75, 3.05) is 24.5 Å². The van der Waals surface area contributed by atoms with Crippen LogP contribution in [0.15, 0.2) is 34.9 Å². The average Bonchev–Trinajstić information content (AvgIpc) is 3.21. The maximum atomic E-state index is 12.9. The largest absolute Gasteiger partial charge is 0.361 e. The third-order valence-corrected chi connectivity index (χ3v) is 5.13. The van der Waals surface area contributed by atoms with E-state index in [4.69, 9.17) is 4.52 Å². The van der Waals surface area contributed by atoms with Gasteiger partial charge in [-0.3, -0.25) is 9.69 Å². The van der Waals surface area contributed by atoms with Crippen LogP contribution in [0, 0.1) is 6.92 Å². The first-order chi connectivity index (χ1) is 11.7. The second-order valence-electron chi connectivity index (χ2n) is 6.77. The highest BCUT2D eigenvalue weighted by molar-refractivity contribution is 5.96. The molecule has 0 saturated carbocycles. The lowest BCUT2D eigenvalue weighted by atomic mass is 9.99. The van der Waals surface area contributed by atoms with E-state index in [9.17, 15) is 4.79 Å². The Morgan fingerprint density at radius 3 is 3.00 bits per heavy atom. The van der Waals surface area contributed by atoms with Gasteiger partial charge in [0.2, 0.25) is 5.91 Å². The summed E-state index contributed by atoms with van der Waals surface area (Å²) in [6, 6.07) is 10.4. The van der Waals surface area contributed by atoms with Crippen LogP contribution in [0.4, 0.5) is 5.69 Å². The van der Waals surface area contributed by atoms with Crippen molar-refractivity contribution < 1.29 is 9.32 Å². The number of piperidine rings is 1. The number of rotatable bonds is 3. The Hall–Kier alpha value is -2.14. The fraction of sp³-hybridized carbons (Fsp3) is 0.474. The first-order valence-electron chi connectivity index (χ1n) is 8.78. The number of anilines is 1. The topological polar surface area (TPSA) is 49.6 Å². The van der Waals surface area contributed by atoms with Crippen LogP contribution in [-0.2, 0) is 11.2 Å². The first kappa shape index (κ1) is 15.4. The zero-order chi connectivity index (χ0) is 16.5. The minimum Gasteiger partial charge on any atom is -0.361 e. The molecular weight excluding hydrogens is 302 g/mol. The quantitative estimate of drug-likeness (QED) is 0.870. The van der Waals surface area contributed by atoms with E-state index in [2.05, 4.69) is 22.2 Å². The number of carbonyl (C=O) groups excluding carboxylic acids is 1. The summed E-state index contributed by atoms with van der Waals surface area (Å²) in [4.78, 5) is 17.1. The van der Waals surface area contributed by atoms with Crippen molar-refractivity contribution >= 4 is 11.6 Å². The second-order valence-corrected chi connectivity index (χ2v) is 6.77. The molecule has 2 aromatic rings. The summed E-state index contributed by atoms with van der Waals surface area (Å²) in [6.07, 6.45) is 4.30. The van der Waals surface area contributed by atoms with E-state index < -0.39 is 0 Å². The number of hydrogen-bond acceptors (Lipinski definition) is 4. The van der Waals surface area contributed by atoms with Gasteiger partial charge in [-0.15, -0.1) is 0 Å². The lowest BCUT2D eigenvalue weighted by Gasteiger charge is -2.34. The molecule has 4 rings (SSSR count). The molecule has 1 atom stereocenters. The number of aromatic nitrogens is 1. The number of aryl methyl sites for hydroxylation is 1. The molecule has 3 heterocycles. The van der Waals surface area contributed by atoms with Crippen LogP contribution in [0.25, 0.3) is 0 Å². The molecular formula is C19H23N3O2. The lowest BCUT2D eigenvalue weighted by molar-refractivity contribution is -0.120. The molecule has 5 heteroatoms. The van der Waals surface area contributed by atoms with E-state index in [0.29, 0.717) is 6.54 Å². The Morgan fingerprint density at radius 1 is 1.29 bits per heavy atom. The highest BCUT2D eigenvalue weighted by Crippen LogP contribution is 2.32. The Labute approximate surface area is 142 Å². The van der Waals surface area contributed by atoms with Crippen molar-refractivity contribution in [2.24, 2.45) is 0 Å². The van der Waals surface area contributed by atoms with E-state index in [-0.39, 0.29) is 11.9 Å². The molecule has 1 aromatic carbocycles. The van der Waals surface area contributed by atoms with E-state index in [1.807, 2.05) is 30.0 Å². The van der Waals surface area contributed by atoms with Crippen molar-refractivity contribution in [2.45, 2.75) is 38.6 Å². The summed E-state index contributed by atoms with van der Waals surface area (Å²) in [5.74, 6) is 1.02. The van der Waals surface area contributed by atoms with Gasteiger partial charge < -0.3 is 9.42 Å². The number of benzene rings is 1. The molecule has 0 spiro atoms. The summed E-state index contributed by atoms with van der Waals surface area (Å²) >= 11 is 0. The average molecular weight is 325 g/mol. The number of para-hydroxylation sites is 1. The van der Waals surface area contributed by atoms with Gasteiger partial charge >= 0.3 is 0 Å². The third-order valence-electron chi connectivity index (χ3n) is 5.13. The summed E-state index contributed by atoms with van der Waals surface area (Å²) in [5, 5.41) is 4.19. The summed E-state index contributed by atoms with van der Waals surface area (Å²) in [5.41, 5.74) is 3.31. The van der Waals surface area contributed by atoms with Gasteiger partial charge in [0.15, 0.2) is 0 Å². The highest BCUT2D eigenvalue weighted by Gasteiger charge is 2.31. The van der Waals surface area contributed by atoms with E-state index in [1.165, 1.54) is 12.0 Å². The van der Waals surface area contributed by atoms with Gasteiger partial charge in [-0.05, 0) is 44.4 Å². The van der Waals surface area contributed by atoms with Crippen LogP contribution < -0.4 is 4.90 Å². The first-order valence-corrected chi connectivity index (χ1v) is 8.78. The van der Waals surface area contributed by atoms with Gasteiger partial charge in [0, 0.05) is 18.3 Å². The fourth-order valence-corrected chi connectivity index (χ4v) is 3.91. The molecule has 2 aliphatic rings. The summed E-state index contributed by atoms with van der Waals surface area (Å²) in [7, 11) is 0. The van der Waals surface area contributed by atoms with E-state index in [1.54, 1.807) is 0 Å². The van der Waals surface area contributed by atoms with Gasteiger partial charge in [0.1, 0.15) is 11.5 Å². The number of nitrogens with zero attached hydrogens (tertiary/aromatic N) is 3. The molecule has 0 aliphatic carbocycles. The maximum absolute atomic E-state index is 12.9. The normalized spacial score (nSPS) is 21.0. The predicted molar refractivity (Wildman–Crippen MR) is 91.9 cm³/mol. The molecule has 126 valence electrons. The van der Waals surface area contributed by atoms with Crippen LogP contribution in [0.5, 0.6) is 0 Å². The smallest absolute Gasteiger partial charge is 0.241 e. The van der Waals surface area contributed by atoms with Crippen LogP contribution in [0.3, 0.4) is 0 Å². The van der Waals surface area contributed by atoms with Crippen LogP contribution >= 0.6 is 0 Å². The Kier molecular flexibility index (Phi) is 4.10. The van der Waals surface area contributed by atoms with Gasteiger partial charge in [0.25, 0.3) is 0 Å². The molecule has 0 N–H and O–H groups in total. The molecule has 1 saturated heterocycles. The van der Waals surface area contributed by atoms with Gasteiger partial charge in [0.05, 0.1) is 12.6 Å². The van der Waals surface area contributed by atoms with E-state index in [0.717, 1.165) is 49.5 Å². The number of likely N-dealkylation sites (tertiary alicyclic amines) is 1. The van der Waals surface area contributed by atoms with Gasteiger partial charge in [-0.25, -0.2) is 0 Å². The maximum Gasteiger partial charge on any atom is 0.241 e. The van der Waals surface area contributed by atoms with Crippen LogP contribution in [0.2, 0.25) is 0 Å². The highest BCUT2D eigenvalue weighted by atomic mass is 16.5. The number of hydrogen-bond donors (Lipinski definition) is 0. The Bertz CT molecular complexity index is 740. The fourth-order valence-electron chi connectivity index (χ4n) is 3.91. The molecule has 24 heavy (non-hydrogen) atoms. The SMILES string of the molecule is Cc1cc([C@@H]2CCCCN2CC(=O)N2CCc3ccccc32)no1. The van der Waals surface area contributed by atoms with Crippen molar-refractivity contribution in [3.05, 3.63) is 47.3 Å². The van der Waals surface area contributed by atoms with Crippen LogP contribution in [0.1, 0.15) is 42.3 Å². The molecule has 1 fully saturated rings. The zero-order valence-corrected chi connectivity index (χ0v) is 14.1. The Morgan fingerprint density at radius 2 is 2.17 bits per heavy atom. The van der Waals surface area contributed by atoms with Gasteiger partial charge in [-0.1, -0.05) is 29.8 Å². The molecule has 0 radical (unpaired) electrons. The lowest BCUT2D eigenvalue weighted by Crippen LogP contribution is -2.43. The molecule has 0 bridgehead atoms. The molecule has 1 aromatic heterocycles. The molecule has 0 unspecified atom stereocenters. The number of fused-ring (bicyclic) bond motifs is 1. The van der Waals surface area contributed by atoms with Crippen molar-refractivity contribution in [3.63, 3.8) is 0 Å². The van der Waals surface area contributed by atoms with Crippen molar-refractivity contribution in [3.8, 4) is 0 Å². The van der Waals surface area contributed by atoms with Crippen LogP contribution in [-0.4, -0.2) is 35.6 Å².